The molecule has 2 unspecified atom stereocenters. The summed E-state index contributed by atoms with van der Waals surface area (Å²) in [5, 5.41) is 10.0. The first-order chi connectivity index (χ1) is 10.7. The highest BCUT2D eigenvalue weighted by molar-refractivity contribution is 5.72. The van der Waals surface area contributed by atoms with Gasteiger partial charge in [-0.15, -0.1) is 0 Å². The van der Waals surface area contributed by atoms with E-state index in [1.807, 2.05) is 13.8 Å². The summed E-state index contributed by atoms with van der Waals surface area (Å²) in [5.41, 5.74) is 0. The zero-order valence-corrected chi connectivity index (χ0v) is 13.6. The SMILES string of the molecule is CCCCC(C(O)C=C[C@@H]1[C@H]2CC(=O)O[C@@H]2C[C@H]1C)C(F)(F)F. The average Bonchev–Trinajstić information content (AvgIpc) is 2.90. The maximum Gasteiger partial charge on any atom is 0.394 e. The number of alkyl halides is 3. The van der Waals surface area contributed by atoms with Gasteiger partial charge >= 0.3 is 12.1 Å². The van der Waals surface area contributed by atoms with Gasteiger partial charge in [0.1, 0.15) is 6.10 Å². The number of rotatable bonds is 6. The van der Waals surface area contributed by atoms with Gasteiger partial charge < -0.3 is 9.84 Å². The molecule has 2 rings (SSSR count). The van der Waals surface area contributed by atoms with Gasteiger partial charge in [-0.3, -0.25) is 4.79 Å². The third-order valence-electron chi connectivity index (χ3n) is 5.15. The van der Waals surface area contributed by atoms with Gasteiger partial charge in [-0.05, 0) is 24.7 Å². The van der Waals surface area contributed by atoms with Crippen molar-refractivity contribution in [2.45, 2.75) is 64.3 Å². The first-order valence-electron chi connectivity index (χ1n) is 8.36. The van der Waals surface area contributed by atoms with Gasteiger partial charge in [0.05, 0.1) is 18.4 Å². The van der Waals surface area contributed by atoms with Crippen LogP contribution in [-0.4, -0.2) is 29.5 Å². The second-order valence-corrected chi connectivity index (χ2v) is 6.85. The summed E-state index contributed by atoms with van der Waals surface area (Å²) in [6.07, 6.45) is -1.04. The van der Waals surface area contributed by atoms with Crippen LogP contribution in [0.4, 0.5) is 13.2 Å². The van der Waals surface area contributed by atoms with Crippen LogP contribution < -0.4 is 0 Å². The molecule has 1 N–H and O–H groups in total. The molecule has 0 aromatic rings. The number of ether oxygens (including phenoxy) is 1. The maximum absolute atomic E-state index is 13.1. The van der Waals surface area contributed by atoms with Crippen LogP contribution in [0.5, 0.6) is 0 Å². The normalized spacial score (nSPS) is 33.7. The molecular weight excluding hydrogens is 309 g/mol. The van der Waals surface area contributed by atoms with E-state index < -0.39 is 18.2 Å². The van der Waals surface area contributed by atoms with Gasteiger partial charge in [-0.25, -0.2) is 0 Å². The summed E-state index contributed by atoms with van der Waals surface area (Å²) in [6, 6.07) is 0. The van der Waals surface area contributed by atoms with Gasteiger partial charge in [0.15, 0.2) is 0 Å². The van der Waals surface area contributed by atoms with Crippen LogP contribution in [0.1, 0.15) is 46.0 Å². The summed E-state index contributed by atoms with van der Waals surface area (Å²) >= 11 is 0. The predicted octanol–water partition coefficient (Wildman–Crippen LogP) is 3.86. The highest BCUT2D eigenvalue weighted by atomic mass is 19.4. The molecule has 0 bridgehead atoms. The average molecular weight is 334 g/mol. The minimum atomic E-state index is -4.41. The number of aliphatic hydroxyl groups is 1. The largest absolute Gasteiger partial charge is 0.462 e. The first kappa shape index (κ1) is 18.3. The number of unbranched alkanes of at least 4 members (excludes halogenated alkanes) is 1. The van der Waals surface area contributed by atoms with Crippen LogP contribution in [0.25, 0.3) is 0 Å². The van der Waals surface area contributed by atoms with Crippen molar-refractivity contribution in [3.05, 3.63) is 12.2 Å². The monoisotopic (exact) mass is 334 g/mol. The maximum atomic E-state index is 13.1. The van der Waals surface area contributed by atoms with Crippen molar-refractivity contribution in [2.24, 2.45) is 23.7 Å². The van der Waals surface area contributed by atoms with Gasteiger partial charge in [0, 0.05) is 5.92 Å². The number of halogens is 3. The molecule has 1 aliphatic heterocycles. The summed E-state index contributed by atoms with van der Waals surface area (Å²) in [6.45, 7) is 3.83. The summed E-state index contributed by atoms with van der Waals surface area (Å²) in [7, 11) is 0. The van der Waals surface area contributed by atoms with Crippen LogP contribution in [0.15, 0.2) is 12.2 Å². The molecule has 2 fully saturated rings. The predicted molar refractivity (Wildman–Crippen MR) is 79.5 cm³/mol. The minimum Gasteiger partial charge on any atom is -0.462 e. The molecule has 2 aliphatic rings. The van der Waals surface area contributed by atoms with Crippen molar-refractivity contribution < 1.29 is 27.8 Å². The number of carbonyl (C=O) groups is 1. The van der Waals surface area contributed by atoms with Gasteiger partial charge in [-0.1, -0.05) is 38.8 Å². The fourth-order valence-corrected chi connectivity index (χ4v) is 3.84. The highest BCUT2D eigenvalue weighted by Gasteiger charge is 2.48. The molecule has 1 heterocycles. The molecule has 0 radical (unpaired) electrons. The second kappa shape index (κ2) is 7.24. The van der Waals surface area contributed by atoms with Crippen molar-refractivity contribution in [1.29, 1.82) is 0 Å². The lowest BCUT2D eigenvalue weighted by Crippen LogP contribution is -2.33. The summed E-state index contributed by atoms with van der Waals surface area (Å²) in [5.74, 6) is -1.71. The molecule has 1 saturated heterocycles. The molecule has 23 heavy (non-hydrogen) atoms. The fourth-order valence-electron chi connectivity index (χ4n) is 3.84. The number of hydrogen-bond acceptors (Lipinski definition) is 3. The lowest BCUT2D eigenvalue weighted by atomic mass is 9.86. The Labute approximate surface area is 134 Å². The Kier molecular flexibility index (Phi) is 5.76. The van der Waals surface area contributed by atoms with Gasteiger partial charge in [0.2, 0.25) is 0 Å². The van der Waals surface area contributed by atoms with E-state index in [2.05, 4.69) is 0 Å². The summed E-state index contributed by atoms with van der Waals surface area (Å²) < 4.78 is 44.5. The number of allylic oxidation sites excluding steroid dienone is 1. The Balaban J connectivity index is 2.03. The zero-order chi connectivity index (χ0) is 17.2. The first-order valence-corrected chi connectivity index (χ1v) is 8.36. The molecule has 132 valence electrons. The quantitative estimate of drug-likeness (QED) is 0.593. The Hall–Kier alpha value is -1.04. The molecule has 1 saturated carbocycles. The molecule has 0 aromatic heterocycles. The second-order valence-electron chi connectivity index (χ2n) is 6.85. The van der Waals surface area contributed by atoms with Crippen molar-refractivity contribution in [3.8, 4) is 0 Å². The van der Waals surface area contributed by atoms with Crippen molar-refractivity contribution in [3.63, 3.8) is 0 Å². The van der Waals surface area contributed by atoms with E-state index in [0.717, 1.165) is 6.42 Å². The third-order valence-corrected chi connectivity index (χ3v) is 5.15. The molecule has 0 amide bonds. The van der Waals surface area contributed by atoms with E-state index in [-0.39, 0.29) is 36.2 Å². The van der Waals surface area contributed by atoms with Gasteiger partial charge in [0.25, 0.3) is 0 Å². The van der Waals surface area contributed by atoms with E-state index in [4.69, 9.17) is 4.74 Å². The topological polar surface area (TPSA) is 46.5 Å². The number of esters is 1. The van der Waals surface area contributed by atoms with Gasteiger partial charge in [-0.2, -0.15) is 13.2 Å². The van der Waals surface area contributed by atoms with Crippen molar-refractivity contribution in [1.82, 2.24) is 0 Å². The number of carbonyl (C=O) groups excluding carboxylic acids is 1. The Morgan fingerprint density at radius 3 is 2.74 bits per heavy atom. The number of hydrogen-bond donors (Lipinski definition) is 1. The van der Waals surface area contributed by atoms with Crippen LogP contribution in [0.3, 0.4) is 0 Å². The molecule has 1 aliphatic carbocycles. The van der Waals surface area contributed by atoms with Crippen LogP contribution in [0.2, 0.25) is 0 Å². The third kappa shape index (κ3) is 4.28. The van der Waals surface area contributed by atoms with Crippen LogP contribution >= 0.6 is 0 Å². The van der Waals surface area contributed by atoms with Crippen LogP contribution in [0, 0.1) is 23.7 Å². The number of fused-ring (bicyclic) bond motifs is 1. The molecule has 0 aromatic carbocycles. The standard InChI is InChI=1S/C17H25F3O3/c1-3-4-5-13(17(18,19)20)14(21)7-6-11-10(2)8-15-12(11)9-16(22)23-15/h6-7,10-15,21H,3-5,8-9H2,1-2H3/t10-,11+,12-,13?,14?,15-/m1/s1. The smallest absolute Gasteiger partial charge is 0.394 e. The molecular formula is C17H25F3O3. The summed E-state index contributed by atoms with van der Waals surface area (Å²) in [4.78, 5) is 11.4. The van der Waals surface area contributed by atoms with Crippen molar-refractivity contribution >= 4 is 5.97 Å². The van der Waals surface area contributed by atoms with E-state index >= 15 is 0 Å². The molecule has 3 nitrogen and oxygen atoms in total. The Morgan fingerprint density at radius 2 is 2.13 bits per heavy atom. The van der Waals surface area contributed by atoms with E-state index in [1.165, 1.54) is 6.08 Å². The van der Waals surface area contributed by atoms with Crippen molar-refractivity contribution in [2.75, 3.05) is 0 Å². The molecule has 6 heteroatoms. The fraction of sp³-hybridized carbons (Fsp3) is 0.824. The lowest BCUT2D eigenvalue weighted by Gasteiger charge is -2.24. The Morgan fingerprint density at radius 1 is 1.43 bits per heavy atom. The van der Waals surface area contributed by atoms with E-state index in [1.54, 1.807) is 6.08 Å². The van der Waals surface area contributed by atoms with E-state index in [9.17, 15) is 23.1 Å². The number of aliphatic hydroxyl groups excluding tert-OH is 1. The highest BCUT2D eigenvalue weighted by Crippen LogP contribution is 2.45. The van der Waals surface area contributed by atoms with Crippen LogP contribution in [-0.2, 0) is 9.53 Å². The molecule has 0 spiro atoms. The zero-order valence-electron chi connectivity index (χ0n) is 13.6. The lowest BCUT2D eigenvalue weighted by molar-refractivity contribution is -0.195. The minimum absolute atomic E-state index is 0.0128. The molecule has 6 atom stereocenters. The Bertz CT molecular complexity index is 447. The van der Waals surface area contributed by atoms with E-state index in [0.29, 0.717) is 19.3 Å².